The summed E-state index contributed by atoms with van der Waals surface area (Å²) >= 11 is 7.83. The molecule has 1 aliphatic carbocycles. The van der Waals surface area contributed by atoms with Gasteiger partial charge in [-0.05, 0) is 48.4 Å². The molecule has 1 aromatic carbocycles. The summed E-state index contributed by atoms with van der Waals surface area (Å²) in [6.07, 6.45) is 5.24. The number of phenols is 1. The van der Waals surface area contributed by atoms with Crippen LogP contribution >= 0.6 is 22.9 Å². The second-order valence-corrected chi connectivity index (χ2v) is 7.11. The van der Waals surface area contributed by atoms with Crippen LogP contribution in [0.4, 0.5) is 0 Å². The van der Waals surface area contributed by atoms with Gasteiger partial charge in [-0.15, -0.1) is 11.3 Å². The molecule has 1 aliphatic rings. The number of hydrogen-bond acceptors (Lipinski definition) is 3. The molecule has 0 amide bonds. The van der Waals surface area contributed by atoms with Gasteiger partial charge >= 0.3 is 0 Å². The molecule has 1 aromatic heterocycles. The molecule has 1 fully saturated rings. The van der Waals surface area contributed by atoms with Crippen LogP contribution in [0.25, 0.3) is 0 Å². The lowest BCUT2D eigenvalue weighted by molar-refractivity contribution is 0.367. The van der Waals surface area contributed by atoms with Crippen LogP contribution < -0.4 is 5.32 Å². The van der Waals surface area contributed by atoms with Gasteiger partial charge in [0, 0.05) is 28.0 Å². The quantitative estimate of drug-likeness (QED) is 0.800. The highest BCUT2D eigenvalue weighted by atomic mass is 35.5. The molecular formula is C17H20ClNOS. The fraction of sp³-hybridized carbons (Fsp3) is 0.412. The van der Waals surface area contributed by atoms with Gasteiger partial charge in [0.1, 0.15) is 5.75 Å². The third-order valence-corrected chi connectivity index (χ3v) is 5.47. The minimum atomic E-state index is 0.309. The Hall–Kier alpha value is -1.03. The van der Waals surface area contributed by atoms with E-state index in [1.165, 1.54) is 30.6 Å². The van der Waals surface area contributed by atoms with Crippen LogP contribution in [0.5, 0.6) is 5.75 Å². The van der Waals surface area contributed by atoms with Crippen molar-refractivity contribution in [1.82, 2.24) is 5.32 Å². The number of phenolic OH excluding ortho intramolecular Hbond substituents is 1. The summed E-state index contributed by atoms with van der Waals surface area (Å²) in [4.78, 5) is 1.39. The zero-order chi connectivity index (χ0) is 14.7. The molecule has 21 heavy (non-hydrogen) atoms. The van der Waals surface area contributed by atoms with Gasteiger partial charge in [-0.1, -0.05) is 30.5 Å². The fourth-order valence-corrected chi connectivity index (χ4v) is 4.26. The number of rotatable bonds is 5. The standard InChI is InChI=1S/C17H20ClNOS/c18-14-7-8-15(20)13(10-14)11-19-17(12-4-1-2-5-12)16-6-3-9-21-16/h3,6-10,12,17,19-20H,1-2,4-5,11H2. The molecule has 0 radical (unpaired) electrons. The Morgan fingerprint density at radius 2 is 2.10 bits per heavy atom. The fourth-order valence-electron chi connectivity index (χ4n) is 3.17. The summed E-state index contributed by atoms with van der Waals surface area (Å²) in [5, 5.41) is 16.4. The van der Waals surface area contributed by atoms with Crippen molar-refractivity contribution >= 4 is 22.9 Å². The van der Waals surface area contributed by atoms with E-state index in [0.29, 0.717) is 29.3 Å². The Morgan fingerprint density at radius 1 is 1.29 bits per heavy atom. The number of benzene rings is 1. The van der Waals surface area contributed by atoms with Crippen molar-refractivity contribution in [2.45, 2.75) is 38.3 Å². The summed E-state index contributed by atoms with van der Waals surface area (Å²) in [7, 11) is 0. The van der Waals surface area contributed by atoms with Crippen LogP contribution in [0, 0.1) is 5.92 Å². The first-order valence-corrected chi connectivity index (χ1v) is 8.74. The molecule has 1 unspecified atom stereocenters. The van der Waals surface area contributed by atoms with Crippen LogP contribution in [0.1, 0.15) is 42.2 Å². The maximum atomic E-state index is 9.95. The van der Waals surface area contributed by atoms with E-state index in [9.17, 15) is 5.11 Å². The summed E-state index contributed by atoms with van der Waals surface area (Å²) in [5.74, 6) is 1.01. The Labute approximate surface area is 134 Å². The smallest absolute Gasteiger partial charge is 0.120 e. The molecule has 0 bridgehead atoms. The molecule has 2 N–H and O–H groups in total. The van der Waals surface area contributed by atoms with Crippen LogP contribution in [0.3, 0.4) is 0 Å². The number of hydrogen-bond donors (Lipinski definition) is 2. The summed E-state index contributed by atoms with van der Waals surface area (Å²) in [6, 6.07) is 9.91. The molecular weight excluding hydrogens is 302 g/mol. The van der Waals surface area contributed by atoms with Gasteiger partial charge in [-0.3, -0.25) is 0 Å². The highest BCUT2D eigenvalue weighted by Crippen LogP contribution is 2.37. The van der Waals surface area contributed by atoms with E-state index in [2.05, 4.69) is 22.8 Å². The molecule has 2 nitrogen and oxygen atoms in total. The maximum Gasteiger partial charge on any atom is 0.120 e. The van der Waals surface area contributed by atoms with Gasteiger partial charge in [0.15, 0.2) is 0 Å². The largest absolute Gasteiger partial charge is 0.508 e. The monoisotopic (exact) mass is 321 g/mol. The van der Waals surface area contributed by atoms with Gasteiger partial charge in [-0.2, -0.15) is 0 Å². The van der Waals surface area contributed by atoms with Crippen molar-refractivity contribution < 1.29 is 5.11 Å². The van der Waals surface area contributed by atoms with Crippen LogP contribution in [-0.2, 0) is 6.54 Å². The molecule has 3 rings (SSSR count). The van der Waals surface area contributed by atoms with Crippen molar-refractivity contribution in [3.05, 3.63) is 51.2 Å². The summed E-state index contributed by atoms with van der Waals surface area (Å²) < 4.78 is 0. The molecule has 2 aromatic rings. The number of aromatic hydroxyl groups is 1. The van der Waals surface area contributed by atoms with Crippen molar-refractivity contribution in [1.29, 1.82) is 0 Å². The van der Waals surface area contributed by atoms with E-state index in [1.807, 2.05) is 17.4 Å². The third-order valence-electron chi connectivity index (χ3n) is 4.27. The SMILES string of the molecule is Oc1ccc(Cl)cc1CNC(c1cccs1)C1CCCC1. The normalized spacial score (nSPS) is 17.2. The topological polar surface area (TPSA) is 32.3 Å². The van der Waals surface area contributed by atoms with E-state index in [-0.39, 0.29) is 0 Å². The van der Waals surface area contributed by atoms with Gasteiger partial charge in [-0.25, -0.2) is 0 Å². The van der Waals surface area contributed by atoms with E-state index in [1.54, 1.807) is 12.1 Å². The Bertz CT molecular complexity index is 578. The van der Waals surface area contributed by atoms with Crippen LogP contribution in [0.2, 0.25) is 5.02 Å². The average Bonchev–Trinajstić information content (AvgIpc) is 3.16. The first kappa shape index (κ1) is 14.9. The molecule has 4 heteroatoms. The maximum absolute atomic E-state index is 9.95. The van der Waals surface area contributed by atoms with Crippen LogP contribution in [-0.4, -0.2) is 5.11 Å². The molecule has 0 saturated heterocycles. The average molecular weight is 322 g/mol. The van der Waals surface area contributed by atoms with Gasteiger partial charge in [0.25, 0.3) is 0 Å². The molecule has 1 atom stereocenters. The van der Waals surface area contributed by atoms with Crippen molar-refractivity contribution in [3.8, 4) is 5.75 Å². The van der Waals surface area contributed by atoms with Gasteiger partial charge in [0.2, 0.25) is 0 Å². The first-order valence-electron chi connectivity index (χ1n) is 7.48. The van der Waals surface area contributed by atoms with E-state index in [4.69, 9.17) is 11.6 Å². The zero-order valence-electron chi connectivity index (χ0n) is 11.9. The van der Waals surface area contributed by atoms with Gasteiger partial charge < -0.3 is 10.4 Å². The lowest BCUT2D eigenvalue weighted by Gasteiger charge is -2.24. The summed E-state index contributed by atoms with van der Waals surface area (Å²) in [6.45, 7) is 0.644. The van der Waals surface area contributed by atoms with E-state index >= 15 is 0 Å². The lowest BCUT2D eigenvalue weighted by Crippen LogP contribution is -2.26. The Kier molecular flexibility index (Phi) is 4.84. The van der Waals surface area contributed by atoms with Crippen molar-refractivity contribution in [2.75, 3.05) is 0 Å². The lowest BCUT2D eigenvalue weighted by atomic mass is 9.96. The Morgan fingerprint density at radius 3 is 2.81 bits per heavy atom. The molecule has 112 valence electrons. The Balaban J connectivity index is 1.74. The molecule has 1 heterocycles. The first-order chi connectivity index (χ1) is 10.2. The van der Waals surface area contributed by atoms with Crippen LogP contribution in [0.15, 0.2) is 35.7 Å². The molecule has 0 spiro atoms. The minimum Gasteiger partial charge on any atom is -0.508 e. The predicted molar refractivity (Wildman–Crippen MR) is 89.0 cm³/mol. The minimum absolute atomic E-state index is 0.309. The van der Waals surface area contributed by atoms with Crippen molar-refractivity contribution in [3.63, 3.8) is 0 Å². The number of halogens is 1. The van der Waals surface area contributed by atoms with Crippen molar-refractivity contribution in [2.24, 2.45) is 5.92 Å². The van der Waals surface area contributed by atoms with E-state index < -0.39 is 0 Å². The summed E-state index contributed by atoms with van der Waals surface area (Å²) in [5.41, 5.74) is 0.863. The van der Waals surface area contributed by atoms with Gasteiger partial charge in [0.05, 0.1) is 0 Å². The molecule has 0 aliphatic heterocycles. The molecule has 1 saturated carbocycles. The number of nitrogens with one attached hydrogen (secondary N) is 1. The second-order valence-electron chi connectivity index (χ2n) is 5.69. The second kappa shape index (κ2) is 6.82. The highest BCUT2D eigenvalue weighted by molar-refractivity contribution is 7.10. The van der Waals surface area contributed by atoms with E-state index in [0.717, 1.165) is 5.56 Å². The predicted octanol–water partition coefficient (Wildman–Crippen LogP) is 5.13. The number of thiophene rings is 1. The zero-order valence-corrected chi connectivity index (χ0v) is 13.5. The third kappa shape index (κ3) is 3.60. The highest BCUT2D eigenvalue weighted by Gasteiger charge is 2.26.